The molecule has 0 spiro atoms. The first-order valence-electron chi connectivity index (χ1n) is 21.0. The summed E-state index contributed by atoms with van der Waals surface area (Å²) in [6.45, 7) is 6.34. The second-order valence-corrected chi connectivity index (χ2v) is 14.0. The predicted octanol–water partition coefficient (Wildman–Crippen LogP) is 12.9. The van der Waals surface area contributed by atoms with Crippen LogP contribution in [0, 0.1) is 0 Å². The molecule has 0 aromatic rings. The Morgan fingerprint density at radius 2 is 0.878 bits per heavy atom. The van der Waals surface area contributed by atoms with Crippen molar-refractivity contribution >= 4 is 11.9 Å². The third-order valence-corrected chi connectivity index (χ3v) is 9.09. The smallest absolute Gasteiger partial charge is 0.306 e. The summed E-state index contributed by atoms with van der Waals surface area (Å²) >= 11 is 0. The van der Waals surface area contributed by atoms with E-state index in [-0.39, 0.29) is 25.6 Å². The number of allylic oxidation sites excluding steroid dienone is 4. The van der Waals surface area contributed by atoms with Gasteiger partial charge >= 0.3 is 11.9 Å². The molecule has 0 amide bonds. The van der Waals surface area contributed by atoms with Gasteiger partial charge in [-0.05, 0) is 64.2 Å². The van der Waals surface area contributed by atoms with Crippen LogP contribution in [0.3, 0.4) is 0 Å². The van der Waals surface area contributed by atoms with Gasteiger partial charge in [0.25, 0.3) is 0 Å². The van der Waals surface area contributed by atoms with Crippen LogP contribution < -0.4 is 0 Å². The minimum absolute atomic E-state index is 0.109. The molecule has 6 heteroatoms. The van der Waals surface area contributed by atoms with Gasteiger partial charge in [0.15, 0.2) is 0 Å². The number of hydrogen-bond donors (Lipinski definition) is 1. The molecule has 0 fully saturated rings. The van der Waals surface area contributed by atoms with E-state index in [0.29, 0.717) is 19.8 Å². The van der Waals surface area contributed by atoms with Gasteiger partial charge in [-0.1, -0.05) is 154 Å². The molecule has 0 heterocycles. The normalized spacial score (nSPS) is 12.4. The van der Waals surface area contributed by atoms with E-state index in [9.17, 15) is 9.59 Å². The maximum atomic E-state index is 11.9. The SMILES string of the molecule is CCCCCCCCC=CCCCCCCCCOC[C@H](COC(=O)CCC(=O)O)OCCCCCCCCC=CCCCCCCCC. The molecule has 1 N–H and O–H groups in total. The molecule has 49 heavy (non-hydrogen) atoms. The highest BCUT2D eigenvalue weighted by Gasteiger charge is 2.14. The maximum Gasteiger partial charge on any atom is 0.306 e. The van der Waals surface area contributed by atoms with E-state index >= 15 is 0 Å². The third kappa shape index (κ3) is 40.7. The van der Waals surface area contributed by atoms with Gasteiger partial charge in [0.1, 0.15) is 12.7 Å². The number of ether oxygens (including phenoxy) is 3. The van der Waals surface area contributed by atoms with E-state index in [1.807, 2.05) is 0 Å². The standard InChI is InChI=1S/C43H80O6/c1-3-5-7-9-11-13-15-17-19-21-23-25-27-29-31-33-37-47-39-41(40-49-43(46)36-35-42(44)45)48-38-34-32-30-28-26-24-22-20-18-16-14-12-10-8-6-4-2/h17-20,41H,3-16,21-40H2,1-2H3,(H,44,45)/t41-/m1/s1. The van der Waals surface area contributed by atoms with Gasteiger partial charge in [-0.25, -0.2) is 0 Å². The molecular formula is C43H80O6. The van der Waals surface area contributed by atoms with Crippen LogP contribution in [0.25, 0.3) is 0 Å². The molecule has 0 radical (unpaired) electrons. The highest BCUT2D eigenvalue weighted by molar-refractivity contribution is 5.76. The summed E-state index contributed by atoms with van der Waals surface area (Å²) in [5.41, 5.74) is 0. The fourth-order valence-corrected chi connectivity index (χ4v) is 5.88. The van der Waals surface area contributed by atoms with Crippen LogP contribution in [-0.2, 0) is 23.8 Å². The number of carboxylic acid groups (broad SMARTS) is 1. The van der Waals surface area contributed by atoms with Crippen LogP contribution in [0.1, 0.15) is 206 Å². The van der Waals surface area contributed by atoms with Crippen LogP contribution in [0.15, 0.2) is 24.3 Å². The van der Waals surface area contributed by atoms with Crippen molar-refractivity contribution in [2.75, 3.05) is 26.4 Å². The van der Waals surface area contributed by atoms with Crippen LogP contribution in [-0.4, -0.2) is 49.6 Å². The summed E-state index contributed by atoms with van der Waals surface area (Å²) in [6, 6.07) is 0. The lowest BCUT2D eigenvalue weighted by Crippen LogP contribution is -2.28. The molecular weight excluding hydrogens is 612 g/mol. The van der Waals surface area contributed by atoms with E-state index in [0.717, 1.165) is 19.3 Å². The quantitative estimate of drug-likeness (QED) is 0.0391. The number of aliphatic carboxylic acids is 1. The minimum atomic E-state index is -0.997. The van der Waals surface area contributed by atoms with Crippen LogP contribution in [0.4, 0.5) is 0 Å². The van der Waals surface area contributed by atoms with Crippen molar-refractivity contribution in [2.45, 2.75) is 213 Å². The zero-order chi connectivity index (χ0) is 35.7. The second kappa shape index (κ2) is 40.8. The molecule has 0 aromatic carbocycles. The second-order valence-electron chi connectivity index (χ2n) is 14.0. The van der Waals surface area contributed by atoms with Crippen LogP contribution >= 0.6 is 0 Å². The summed E-state index contributed by atoms with van der Waals surface area (Å²) in [5.74, 6) is -1.50. The Morgan fingerprint density at radius 1 is 0.490 bits per heavy atom. The summed E-state index contributed by atoms with van der Waals surface area (Å²) in [5, 5.41) is 8.82. The van der Waals surface area contributed by atoms with Crippen molar-refractivity contribution in [1.82, 2.24) is 0 Å². The Labute approximate surface area is 303 Å². The molecule has 0 saturated heterocycles. The maximum absolute atomic E-state index is 11.9. The number of carbonyl (C=O) groups is 2. The number of esters is 1. The highest BCUT2D eigenvalue weighted by atomic mass is 16.6. The fraction of sp³-hybridized carbons (Fsp3) is 0.860. The average molecular weight is 693 g/mol. The Kier molecular flexibility index (Phi) is 39.4. The van der Waals surface area contributed by atoms with Gasteiger partial charge in [0, 0.05) is 13.2 Å². The molecule has 0 unspecified atom stereocenters. The van der Waals surface area contributed by atoms with Gasteiger partial charge in [-0.15, -0.1) is 0 Å². The topological polar surface area (TPSA) is 82.1 Å². The number of carbonyl (C=O) groups excluding carboxylic acids is 1. The van der Waals surface area contributed by atoms with Gasteiger partial charge in [-0.2, -0.15) is 0 Å². The molecule has 0 aliphatic carbocycles. The van der Waals surface area contributed by atoms with E-state index in [2.05, 4.69) is 38.2 Å². The molecule has 0 aliphatic heterocycles. The van der Waals surface area contributed by atoms with E-state index < -0.39 is 11.9 Å². The minimum Gasteiger partial charge on any atom is -0.481 e. The summed E-state index contributed by atoms with van der Waals surface area (Å²) < 4.78 is 17.2. The lowest BCUT2D eigenvalue weighted by molar-refractivity contribution is -0.152. The van der Waals surface area contributed by atoms with Crippen molar-refractivity contribution in [1.29, 1.82) is 0 Å². The van der Waals surface area contributed by atoms with Crippen molar-refractivity contribution in [2.24, 2.45) is 0 Å². The van der Waals surface area contributed by atoms with Crippen LogP contribution in [0.2, 0.25) is 0 Å². The van der Waals surface area contributed by atoms with Gasteiger partial charge in [0.05, 0.1) is 19.4 Å². The zero-order valence-corrected chi connectivity index (χ0v) is 32.4. The number of hydrogen-bond acceptors (Lipinski definition) is 5. The van der Waals surface area contributed by atoms with Crippen LogP contribution in [0.5, 0.6) is 0 Å². The van der Waals surface area contributed by atoms with Gasteiger partial charge in [-0.3, -0.25) is 9.59 Å². The molecule has 6 nitrogen and oxygen atoms in total. The van der Waals surface area contributed by atoms with Gasteiger partial charge < -0.3 is 19.3 Å². The first kappa shape index (κ1) is 47.3. The van der Waals surface area contributed by atoms with E-state index in [4.69, 9.17) is 19.3 Å². The first-order chi connectivity index (χ1) is 24.1. The largest absolute Gasteiger partial charge is 0.481 e. The number of unbranched alkanes of at least 4 members (excludes halogenated alkanes) is 24. The lowest BCUT2D eigenvalue weighted by atomic mass is 10.1. The van der Waals surface area contributed by atoms with Crippen molar-refractivity contribution in [3.05, 3.63) is 24.3 Å². The van der Waals surface area contributed by atoms with Gasteiger partial charge in [0.2, 0.25) is 0 Å². The van der Waals surface area contributed by atoms with E-state index in [1.165, 1.54) is 161 Å². The fourth-order valence-electron chi connectivity index (χ4n) is 5.88. The summed E-state index contributed by atoms with van der Waals surface area (Å²) in [4.78, 5) is 22.7. The Balaban J connectivity index is 3.90. The summed E-state index contributed by atoms with van der Waals surface area (Å²) in [6.07, 6.45) is 44.6. The number of rotatable bonds is 40. The predicted molar refractivity (Wildman–Crippen MR) is 207 cm³/mol. The third-order valence-electron chi connectivity index (χ3n) is 9.09. The Morgan fingerprint density at radius 3 is 1.31 bits per heavy atom. The molecule has 0 aliphatic rings. The first-order valence-corrected chi connectivity index (χ1v) is 21.0. The molecule has 1 atom stereocenters. The number of carboxylic acids is 1. The summed E-state index contributed by atoms with van der Waals surface area (Å²) in [7, 11) is 0. The highest BCUT2D eigenvalue weighted by Crippen LogP contribution is 2.12. The molecule has 0 bridgehead atoms. The van der Waals surface area contributed by atoms with Crippen molar-refractivity contribution in [3.63, 3.8) is 0 Å². The zero-order valence-electron chi connectivity index (χ0n) is 32.4. The Bertz CT molecular complexity index is 749. The molecule has 0 saturated carbocycles. The molecule has 0 aromatic heterocycles. The van der Waals surface area contributed by atoms with E-state index in [1.54, 1.807) is 0 Å². The van der Waals surface area contributed by atoms with Crippen molar-refractivity contribution in [3.8, 4) is 0 Å². The Hall–Kier alpha value is -1.66. The molecule has 288 valence electrons. The molecule has 0 rings (SSSR count). The van der Waals surface area contributed by atoms with Crippen molar-refractivity contribution < 1.29 is 28.9 Å². The monoisotopic (exact) mass is 693 g/mol. The lowest BCUT2D eigenvalue weighted by Gasteiger charge is -2.18. The average Bonchev–Trinajstić information content (AvgIpc) is 3.10.